The molecular formula is C23H19N3O2. The highest BCUT2D eigenvalue weighted by molar-refractivity contribution is 6.00. The molecule has 0 spiro atoms. The minimum atomic E-state index is -0.198. The summed E-state index contributed by atoms with van der Waals surface area (Å²) in [7, 11) is 0. The van der Waals surface area contributed by atoms with E-state index in [-0.39, 0.29) is 5.91 Å². The standard InChI is InChI=1S/C23H19N3O2/c1-16-9-11-17(12-10-16)21-15-26-23(28-21)20-8-3-2-7-19(20)22(27)25-14-18-6-4-5-13-24-18/h2-13,15H,14H2,1H3,(H,25,27). The minimum Gasteiger partial charge on any atom is -0.436 e. The van der Waals surface area contributed by atoms with Gasteiger partial charge in [-0.2, -0.15) is 0 Å². The largest absolute Gasteiger partial charge is 0.436 e. The van der Waals surface area contributed by atoms with Crippen LogP contribution in [0.1, 0.15) is 21.6 Å². The van der Waals surface area contributed by atoms with Gasteiger partial charge in [0.2, 0.25) is 5.89 Å². The first-order valence-electron chi connectivity index (χ1n) is 9.01. The molecule has 1 amide bonds. The van der Waals surface area contributed by atoms with E-state index in [9.17, 15) is 4.79 Å². The van der Waals surface area contributed by atoms with Gasteiger partial charge in [0.1, 0.15) is 0 Å². The van der Waals surface area contributed by atoms with Crippen molar-refractivity contribution in [3.05, 3.63) is 95.9 Å². The van der Waals surface area contributed by atoms with E-state index >= 15 is 0 Å². The number of nitrogens with one attached hydrogen (secondary N) is 1. The second-order valence-electron chi connectivity index (χ2n) is 6.45. The van der Waals surface area contributed by atoms with Crippen molar-refractivity contribution in [1.29, 1.82) is 0 Å². The Labute approximate surface area is 163 Å². The highest BCUT2D eigenvalue weighted by atomic mass is 16.4. The molecule has 0 aliphatic heterocycles. The molecule has 5 heteroatoms. The summed E-state index contributed by atoms with van der Waals surface area (Å²) in [6.45, 7) is 2.39. The number of carbonyl (C=O) groups is 1. The number of hydrogen-bond donors (Lipinski definition) is 1. The third-order valence-corrected chi connectivity index (χ3v) is 4.40. The van der Waals surface area contributed by atoms with Gasteiger partial charge in [0.05, 0.1) is 24.0 Å². The van der Waals surface area contributed by atoms with E-state index in [0.29, 0.717) is 29.3 Å². The fourth-order valence-electron chi connectivity index (χ4n) is 2.89. The van der Waals surface area contributed by atoms with Crippen molar-refractivity contribution in [3.63, 3.8) is 0 Å². The normalized spacial score (nSPS) is 10.6. The van der Waals surface area contributed by atoms with Crippen LogP contribution in [0.3, 0.4) is 0 Å². The van der Waals surface area contributed by atoms with Crippen LogP contribution in [0.5, 0.6) is 0 Å². The Morgan fingerprint density at radius 2 is 1.75 bits per heavy atom. The molecule has 0 saturated carbocycles. The number of amides is 1. The smallest absolute Gasteiger partial charge is 0.252 e. The van der Waals surface area contributed by atoms with Crippen LogP contribution in [0.4, 0.5) is 0 Å². The Morgan fingerprint density at radius 1 is 0.964 bits per heavy atom. The highest BCUT2D eigenvalue weighted by Crippen LogP contribution is 2.28. The summed E-state index contributed by atoms with van der Waals surface area (Å²) < 4.78 is 5.95. The minimum absolute atomic E-state index is 0.198. The van der Waals surface area contributed by atoms with Crippen LogP contribution < -0.4 is 5.32 Å². The van der Waals surface area contributed by atoms with Crippen LogP contribution in [-0.2, 0) is 6.54 Å². The van der Waals surface area contributed by atoms with Crippen molar-refractivity contribution in [2.24, 2.45) is 0 Å². The molecule has 2 heterocycles. The number of carbonyl (C=O) groups excluding carboxylic acids is 1. The zero-order valence-corrected chi connectivity index (χ0v) is 15.4. The van der Waals surface area contributed by atoms with Crippen molar-refractivity contribution in [1.82, 2.24) is 15.3 Å². The molecule has 0 radical (unpaired) electrons. The number of hydrogen-bond acceptors (Lipinski definition) is 4. The van der Waals surface area contributed by atoms with Crippen LogP contribution in [0.15, 0.2) is 83.5 Å². The molecule has 5 nitrogen and oxygen atoms in total. The average Bonchev–Trinajstić information content (AvgIpc) is 3.23. The first-order chi connectivity index (χ1) is 13.7. The van der Waals surface area contributed by atoms with E-state index in [2.05, 4.69) is 15.3 Å². The van der Waals surface area contributed by atoms with E-state index < -0.39 is 0 Å². The quantitative estimate of drug-likeness (QED) is 0.556. The molecule has 0 saturated heterocycles. The van der Waals surface area contributed by atoms with E-state index in [4.69, 9.17) is 4.42 Å². The van der Waals surface area contributed by atoms with Crippen LogP contribution in [0.2, 0.25) is 0 Å². The number of nitrogens with zero attached hydrogens (tertiary/aromatic N) is 2. The molecule has 0 unspecified atom stereocenters. The predicted molar refractivity (Wildman–Crippen MR) is 108 cm³/mol. The zero-order valence-electron chi connectivity index (χ0n) is 15.4. The Morgan fingerprint density at radius 3 is 2.54 bits per heavy atom. The number of aryl methyl sites for hydroxylation is 1. The Bertz CT molecular complexity index is 1090. The summed E-state index contributed by atoms with van der Waals surface area (Å²) in [6.07, 6.45) is 3.39. The number of benzene rings is 2. The topological polar surface area (TPSA) is 68.0 Å². The van der Waals surface area contributed by atoms with Crippen molar-refractivity contribution in [2.45, 2.75) is 13.5 Å². The molecule has 0 aliphatic rings. The summed E-state index contributed by atoms with van der Waals surface area (Å²) in [5.41, 5.74) is 4.08. The van der Waals surface area contributed by atoms with E-state index in [1.54, 1.807) is 18.5 Å². The molecule has 0 aliphatic carbocycles. The fraction of sp³-hybridized carbons (Fsp3) is 0.0870. The van der Waals surface area contributed by atoms with Crippen molar-refractivity contribution < 1.29 is 9.21 Å². The Kier molecular flexibility index (Phi) is 4.97. The van der Waals surface area contributed by atoms with Gasteiger partial charge in [-0.15, -0.1) is 0 Å². The SMILES string of the molecule is Cc1ccc(-c2cnc(-c3ccccc3C(=O)NCc3ccccn3)o2)cc1. The van der Waals surface area contributed by atoms with Crippen molar-refractivity contribution in [2.75, 3.05) is 0 Å². The lowest BCUT2D eigenvalue weighted by Gasteiger charge is -2.08. The van der Waals surface area contributed by atoms with Crippen LogP contribution >= 0.6 is 0 Å². The van der Waals surface area contributed by atoms with Gasteiger partial charge in [-0.05, 0) is 31.2 Å². The van der Waals surface area contributed by atoms with Crippen LogP contribution in [0, 0.1) is 6.92 Å². The monoisotopic (exact) mass is 369 g/mol. The molecule has 2 aromatic heterocycles. The maximum atomic E-state index is 12.7. The Hall–Kier alpha value is -3.73. The van der Waals surface area contributed by atoms with Gasteiger partial charge >= 0.3 is 0 Å². The molecule has 1 N–H and O–H groups in total. The van der Waals surface area contributed by atoms with Crippen molar-refractivity contribution in [3.8, 4) is 22.8 Å². The molecule has 2 aromatic carbocycles. The summed E-state index contributed by atoms with van der Waals surface area (Å²) in [5.74, 6) is 0.884. The number of rotatable bonds is 5. The number of pyridine rings is 1. The second-order valence-corrected chi connectivity index (χ2v) is 6.45. The second kappa shape index (κ2) is 7.88. The van der Waals surface area contributed by atoms with Gasteiger partial charge in [0, 0.05) is 17.3 Å². The maximum Gasteiger partial charge on any atom is 0.252 e. The van der Waals surface area contributed by atoms with Gasteiger partial charge in [-0.1, -0.05) is 48.0 Å². The van der Waals surface area contributed by atoms with E-state index in [1.165, 1.54) is 5.56 Å². The predicted octanol–water partition coefficient (Wildman–Crippen LogP) is 4.64. The third kappa shape index (κ3) is 3.83. The van der Waals surface area contributed by atoms with Gasteiger partial charge in [-0.25, -0.2) is 4.98 Å². The van der Waals surface area contributed by atoms with Gasteiger partial charge in [0.25, 0.3) is 5.91 Å². The third-order valence-electron chi connectivity index (χ3n) is 4.40. The average molecular weight is 369 g/mol. The maximum absolute atomic E-state index is 12.7. The van der Waals surface area contributed by atoms with E-state index in [0.717, 1.165) is 11.3 Å². The molecule has 138 valence electrons. The number of oxazole rings is 1. The fourth-order valence-corrected chi connectivity index (χ4v) is 2.89. The van der Waals surface area contributed by atoms with Crippen molar-refractivity contribution >= 4 is 5.91 Å². The zero-order chi connectivity index (χ0) is 19.3. The van der Waals surface area contributed by atoms with Gasteiger partial charge < -0.3 is 9.73 Å². The molecule has 0 atom stereocenters. The number of aromatic nitrogens is 2. The van der Waals surface area contributed by atoms with Gasteiger partial charge in [0.15, 0.2) is 5.76 Å². The molecule has 0 bridgehead atoms. The molecular weight excluding hydrogens is 350 g/mol. The van der Waals surface area contributed by atoms with Gasteiger partial charge in [-0.3, -0.25) is 9.78 Å². The molecule has 4 aromatic rings. The Balaban J connectivity index is 1.58. The summed E-state index contributed by atoms with van der Waals surface area (Å²) in [6, 6.07) is 20.9. The lowest BCUT2D eigenvalue weighted by molar-refractivity contribution is 0.0951. The lowest BCUT2D eigenvalue weighted by atomic mass is 10.1. The summed E-state index contributed by atoms with van der Waals surface area (Å²) in [5, 5.41) is 2.90. The summed E-state index contributed by atoms with van der Waals surface area (Å²) >= 11 is 0. The molecule has 4 rings (SSSR count). The summed E-state index contributed by atoms with van der Waals surface area (Å²) in [4.78, 5) is 21.3. The van der Waals surface area contributed by atoms with Crippen LogP contribution in [-0.4, -0.2) is 15.9 Å². The first-order valence-corrected chi connectivity index (χ1v) is 9.01. The molecule has 0 fully saturated rings. The highest BCUT2D eigenvalue weighted by Gasteiger charge is 2.17. The first kappa shape index (κ1) is 17.7. The van der Waals surface area contributed by atoms with E-state index in [1.807, 2.05) is 67.6 Å². The molecule has 28 heavy (non-hydrogen) atoms. The lowest BCUT2D eigenvalue weighted by Crippen LogP contribution is -2.23. The van der Waals surface area contributed by atoms with Crippen LogP contribution in [0.25, 0.3) is 22.8 Å².